The van der Waals surface area contributed by atoms with E-state index in [-0.39, 0.29) is 5.54 Å². The molecule has 1 aromatic rings. The summed E-state index contributed by atoms with van der Waals surface area (Å²) >= 11 is 3.63. The van der Waals surface area contributed by atoms with E-state index in [9.17, 15) is 0 Å². The molecule has 0 aromatic heterocycles. The maximum atomic E-state index is 5.73. The summed E-state index contributed by atoms with van der Waals surface area (Å²) in [4.78, 5) is 0. The molecule has 1 aliphatic heterocycles. The first-order valence-electron chi connectivity index (χ1n) is 5.49. The molecule has 1 unspecified atom stereocenters. The minimum absolute atomic E-state index is 0.106. The first kappa shape index (κ1) is 11.1. The molecule has 3 N–H and O–H groups in total. The van der Waals surface area contributed by atoms with Crippen molar-refractivity contribution in [2.75, 3.05) is 13.1 Å². The summed E-state index contributed by atoms with van der Waals surface area (Å²) in [5.41, 5.74) is 7.19. The largest absolute Gasteiger partial charge is 0.330 e. The maximum absolute atomic E-state index is 5.73. The van der Waals surface area contributed by atoms with Crippen molar-refractivity contribution in [3.63, 3.8) is 0 Å². The van der Waals surface area contributed by atoms with Gasteiger partial charge in [-0.1, -0.05) is 34.1 Å². The van der Waals surface area contributed by atoms with Crippen molar-refractivity contribution in [1.29, 1.82) is 0 Å². The highest BCUT2D eigenvalue weighted by Gasteiger charge is 2.35. The third-order valence-electron chi connectivity index (χ3n) is 3.20. The molecule has 1 aromatic carbocycles. The van der Waals surface area contributed by atoms with Gasteiger partial charge in [0.05, 0.1) is 0 Å². The zero-order valence-corrected chi connectivity index (χ0v) is 10.4. The molecule has 1 fully saturated rings. The van der Waals surface area contributed by atoms with Crippen LogP contribution in [0.15, 0.2) is 28.7 Å². The molecule has 1 atom stereocenters. The lowest BCUT2D eigenvalue weighted by atomic mass is 9.85. The number of hydrogen-bond acceptors (Lipinski definition) is 2. The number of hydrogen-bond donors (Lipinski definition) is 2. The molecule has 0 spiro atoms. The van der Waals surface area contributed by atoms with Crippen LogP contribution in [-0.2, 0) is 5.54 Å². The first-order valence-corrected chi connectivity index (χ1v) is 6.28. The second kappa shape index (κ2) is 4.64. The minimum Gasteiger partial charge on any atom is -0.330 e. The topological polar surface area (TPSA) is 38.0 Å². The van der Waals surface area contributed by atoms with E-state index in [1.54, 1.807) is 0 Å². The molecule has 0 aliphatic carbocycles. The fourth-order valence-electron chi connectivity index (χ4n) is 2.48. The monoisotopic (exact) mass is 268 g/mol. The summed E-state index contributed by atoms with van der Waals surface area (Å²) in [5, 5.41) is 3.62. The van der Waals surface area contributed by atoms with E-state index in [2.05, 4.69) is 45.5 Å². The predicted molar refractivity (Wildman–Crippen MR) is 66.7 cm³/mol. The van der Waals surface area contributed by atoms with E-state index in [0.29, 0.717) is 0 Å². The molecular weight excluding hydrogens is 252 g/mol. The molecule has 0 bridgehead atoms. The van der Waals surface area contributed by atoms with Crippen molar-refractivity contribution in [2.24, 2.45) is 5.73 Å². The number of rotatable bonds is 3. The zero-order chi connectivity index (χ0) is 10.7. The van der Waals surface area contributed by atoms with E-state index in [1.807, 2.05) is 0 Å². The Kier molecular flexibility index (Phi) is 3.44. The minimum atomic E-state index is 0.106. The van der Waals surface area contributed by atoms with Crippen LogP contribution in [0, 0.1) is 0 Å². The van der Waals surface area contributed by atoms with Crippen molar-refractivity contribution in [3.8, 4) is 0 Å². The predicted octanol–water partition coefficient (Wildman–Crippen LogP) is 2.38. The van der Waals surface area contributed by atoms with Gasteiger partial charge < -0.3 is 11.1 Å². The van der Waals surface area contributed by atoms with E-state index in [0.717, 1.165) is 19.5 Å². The molecule has 82 valence electrons. The van der Waals surface area contributed by atoms with Gasteiger partial charge in [0.15, 0.2) is 0 Å². The molecule has 1 heterocycles. The first-order chi connectivity index (χ1) is 7.28. The van der Waals surface area contributed by atoms with Crippen molar-refractivity contribution < 1.29 is 0 Å². The van der Waals surface area contributed by atoms with Crippen molar-refractivity contribution in [2.45, 2.75) is 24.8 Å². The van der Waals surface area contributed by atoms with Crippen LogP contribution in [0.2, 0.25) is 0 Å². The van der Waals surface area contributed by atoms with Crippen LogP contribution in [0.5, 0.6) is 0 Å². The molecule has 1 aliphatic rings. The summed E-state index contributed by atoms with van der Waals surface area (Å²) in [6, 6.07) is 8.45. The quantitative estimate of drug-likeness (QED) is 0.884. The summed E-state index contributed by atoms with van der Waals surface area (Å²) in [7, 11) is 0. The lowest BCUT2D eigenvalue weighted by molar-refractivity contribution is 0.364. The van der Waals surface area contributed by atoms with Crippen LogP contribution in [0.25, 0.3) is 0 Å². The van der Waals surface area contributed by atoms with E-state index in [1.165, 1.54) is 22.9 Å². The highest BCUT2D eigenvalue weighted by atomic mass is 79.9. The summed E-state index contributed by atoms with van der Waals surface area (Å²) in [5.74, 6) is 0. The molecule has 3 heteroatoms. The number of benzene rings is 1. The van der Waals surface area contributed by atoms with Crippen molar-refractivity contribution >= 4 is 15.9 Å². The van der Waals surface area contributed by atoms with Gasteiger partial charge in [-0.05, 0) is 44.0 Å². The Bertz CT molecular complexity index is 332. The average molecular weight is 269 g/mol. The molecule has 15 heavy (non-hydrogen) atoms. The summed E-state index contributed by atoms with van der Waals surface area (Å²) < 4.78 is 1.19. The van der Waals surface area contributed by atoms with Gasteiger partial charge in [-0.25, -0.2) is 0 Å². The Morgan fingerprint density at radius 2 is 2.20 bits per heavy atom. The SMILES string of the molecule is NCCC1(c2ccccc2Br)CCCN1. The molecule has 0 saturated carbocycles. The van der Waals surface area contributed by atoms with Gasteiger partial charge in [-0.3, -0.25) is 0 Å². The van der Waals surface area contributed by atoms with Crippen LogP contribution in [0.3, 0.4) is 0 Å². The van der Waals surface area contributed by atoms with Gasteiger partial charge in [0.25, 0.3) is 0 Å². The molecular formula is C12H17BrN2. The van der Waals surface area contributed by atoms with E-state index in [4.69, 9.17) is 5.73 Å². The molecule has 2 rings (SSSR count). The fraction of sp³-hybridized carbons (Fsp3) is 0.500. The van der Waals surface area contributed by atoms with E-state index < -0.39 is 0 Å². The Hall–Kier alpha value is -0.380. The van der Waals surface area contributed by atoms with Crippen molar-refractivity contribution in [3.05, 3.63) is 34.3 Å². The number of nitrogens with two attached hydrogens (primary N) is 1. The van der Waals surface area contributed by atoms with Gasteiger partial charge in [-0.15, -0.1) is 0 Å². The Morgan fingerprint density at radius 3 is 2.80 bits per heavy atom. The van der Waals surface area contributed by atoms with Gasteiger partial charge in [0.2, 0.25) is 0 Å². The molecule has 0 radical (unpaired) electrons. The van der Waals surface area contributed by atoms with Crippen LogP contribution in [0.4, 0.5) is 0 Å². The molecule has 0 amide bonds. The number of nitrogens with one attached hydrogen (secondary N) is 1. The second-order valence-electron chi connectivity index (χ2n) is 4.13. The highest BCUT2D eigenvalue weighted by Crippen LogP contribution is 2.37. The fourth-order valence-corrected chi connectivity index (χ4v) is 3.14. The lowest BCUT2D eigenvalue weighted by Crippen LogP contribution is -2.39. The number of halogens is 1. The lowest BCUT2D eigenvalue weighted by Gasteiger charge is -2.30. The molecule has 1 saturated heterocycles. The molecule has 2 nitrogen and oxygen atoms in total. The third kappa shape index (κ3) is 2.10. The highest BCUT2D eigenvalue weighted by molar-refractivity contribution is 9.10. The van der Waals surface area contributed by atoms with E-state index >= 15 is 0 Å². The van der Waals surface area contributed by atoms with Gasteiger partial charge in [0.1, 0.15) is 0 Å². The van der Waals surface area contributed by atoms with Gasteiger partial charge in [0, 0.05) is 10.0 Å². The summed E-state index contributed by atoms with van der Waals surface area (Å²) in [6.07, 6.45) is 3.43. The standard InChI is InChI=1S/C12H17BrN2/c13-11-5-2-1-4-10(11)12(7-8-14)6-3-9-15-12/h1-2,4-5,15H,3,6-9,14H2. The average Bonchev–Trinajstić information content (AvgIpc) is 2.69. The maximum Gasteiger partial charge on any atom is 0.0458 e. The Balaban J connectivity index is 2.36. The van der Waals surface area contributed by atoms with Crippen LogP contribution in [-0.4, -0.2) is 13.1 Å². The zero-order valence-electron chi connectivity index (χ0n) is 8.80. The van der Waals surface area contributed by atoms with Gasteiger partial charge >= 0.3 is 0 Å². The van der Waals surface area contributed by atoms with Gasteiger partial charge in [-0.2, -0.15) is 0 Å². The normalized spacial score (nSPS) is 25.7. The van der Waals surface area contributed by atoms with Crippen LogP contribution < -0.4 is 11.1 Å². The van der Waals surface area contributed by atoms with Crippen LogP contribution >= 0.6 is 15.9 Å². The smallest absolute Gasteiger partial charge is 0.0458 e. The van der Waals surface area contributed by atoms with Crippen molar-refractivity contribution in [1.82, 2.24) is 5.32 Å². The Morgan fingerprint density at radius 1 is 1.40 bits per heavy atom. The third-order valence-corrected chi connectivity index (χ3v) is 3.90. The second-order valence-corrected chi connectivity index (χ2v) is 4.99. The Labute approximate surface area is 99.4 Å². The van der Waals surface area contributed by atoms with Crippen LogP contribution in [0.1, 0.15) is 24.8 Å². The summed E-state index contributed by atoms with van der Waals surface area (Å²) in [6.45, 7) is 1.83.